The summed E-state index contributed by atoms with van der Waals surface area (Å²) in [5.74, 6) is 0. The monoisotopic (exact) mass is 327 g/mol. The molecule has 3 rings (SSSR count). The number of rotatable bonds is 4. The average molecular weight is 327 g/mol. The Labute approximate surface area is 135 Å². The van der Waals surface area contributed by atoms with E-state index in [1.165, 1.54) is 6.21 Å². The third-order valence-corrected chi connectivity index (χ3v) is 4.87. The van der Waals surface area contributed by atoms with Gasteiger partial charge in [0.25, 0.3) is 10.0 Å². The zero-order chi connectivity index (χ0) is 16.4. The SMILES string of the molecule is Cc1ccc(S(=O)(=O)N/N=C/c2cn(C)c3ccccc23)cc1. The fourth-order valence-corrected chi connectivity index (χ4v) is 3.20. The van der Waals surface area contributed by atoms with Crippen LogP contribution in [0.5, 0.6) is 0 Å². The summed E-state index contributed by atoms with van der Waals surface area (Å²) in [6.07, 6.45) is 3.43. The fourth-order valence-electron chi connectivity index (χ4n) is 2.41. The molecule has 0 bridgehead atoms. The van der Waals surface area contributed by atoms with Gasteiger partial charge in [-0.05, 0) is 25.1 Å². The molecule has 5 nitrogen and oxygen atoms in total. The lowest BCUT2D eigenvalue weighted by molar-refractivity contribution is 0.584. The number of aromatic nitrogens is 1. The predicted molar refractivity (Wildman–Crippen MR) is 92.0 cm³/mol. The summed E-state index contributed by atoms with van der Waals surface area (Å²) < 4.78 is 26.3. The Morgan fingerprint density at radius 1 is 1.09 bits per heavy atom. The van der Waals surface area contributed by atoms with E-state index in [2.05, 4.69) is 9.93 Å². The van der Waals surface area contributed by atoms with E-state index in [-0.39, 0.29) is 4.90 Å². The number of para-hydroxylation sites is 1. The first kappa shape index (κ1) is 15.3. The van der Waals surface area contributed by atoms with E-state index in [1.807, 2.05) is 49.0 Å². The van der Waals surface area contributed by atoms with Crippen LogP contribution in [0.4, 0.5) is 0 Å². The molecule has 3 aromatic rings. The third-order valence-electron chi connectivity index (χ3n) is 3.64. The van der Waals surface area contributed by atoms with Crippen LogP contribution in [-0.4, -0.2) is 19.2 Å². The van der Waals surface area contributed by atoms with Gasteiger partial charge in [0.2, 0.25) is 0 Å². The van der Waals surface area contributed by atoms with E-state index in [9.17, 15) is 8.42 Å². The van der Waals surface area contributed by atoms with Crippen LogP contribution >= 0.6 is 0 Å². The van der Waals surface area contributed by atoms with Gasteiger partial charge in [0.15, 0.2) is 0 Å². The summed E-state index contributed by atoms with van der Waals surface area (Å²) >= 11 is 0. The first-order chi connectivity index (χ1) is 11.0. The van der Waals surface area contributed by atoms with Gasteiger partial charge in [-0.2, -0.15) is 13.5 Å². The highest BCUT2D eigenvalue weighted by molar-refractivity contribution is 7.89. The minimum absolute atomic E-state index is 0.193. The van der Waals surface area contributed by atoms with Gasteiger partial charge in [0, 0.05) is 29.7 Å². The Kier molecular flexibility index (Phi) is 3.92. The summed E-state index contributed by atoms with van der Waals surface area (Å²) in [5, 5.41) is 4.92. The smallest absolute Gasteiger partial charge is 0.276 e. The molecule has 6 heteroatoms. The summed E-state index contributed by atoms with van der Waals surface area (Å²) in [6.45, 7) is 1.91. The molecule has 0 radical (unpaired) electrons. The number of fused-ring (bicyclic) bond motifs is 1. The van der Waals surface area contributed by atoms with Crippen LogP contribution in [0.15, 0.2) is 64.7 Å². The topological polar surface area (TPSA) is 63.5 Å². The van der Waals surface area contributed by atoms with E-state index >= 15 is 0 Å². The van der Waals surface area contributed by atoms with Gasteiger partial charge in [-0.25, -0.2) is 4.83 Å². The van der Waals surface area contributed by atoms with Crippen LogP contribution < -0.4 is 4.83 Å². The van der Waals surface area contributed by atoms with Crippen molar-refractivity contribution in [3.8, 4) is 0 Å². The lowest BCUT2D eigenvalue weighted by Crippen LogP contribution is -2.18. The maximum atomic E-state index is 12.2. The van der Waals surface area contributed by atoms with Gasteiger partial charge in [-0.3, -0.25) is 0 Å². The van der Waals surface area contributed by atoms with E-state index in [4.69, 9.17) is 0 Å². The van der Waals surface area contributed by atoms with Crippen LogP contribution in [0.2, 0.25) is 0 Å². The minimum atomic E-state index is -3.65. The number of aryl methyl sites for hydroxylation is 2. The molecule has 0 fully saturated rings. The van der Waals surface area contributed by atoms with Crippen molar-refractivity contribution < 1.29 is 8.42 Å². The van der Waals surface area contributed by atoms with Crippen molar-refractivity contribution in [3.63, 3.8) is 0 Å². The van der Waals surface area contributed by atoms with Crippen LogP contribution in [0, 0.1) is 6.92 Å². The Morgan fingerprint density at radius 3 is 2.52 bits per heavy atom. The van der Waals surface area contributed by atoms with Gasteiger partial charge >= 0.3 is 0 Å². The molecule has 0 aliphatic carbocycles. The summed E-state index contributed by atoms with van der Waals surface area (Å²) in [6, 6.07) is 14.5. The molecule has 118 valence electrons. The first-order valence-corrected chi connectivity index (χ1v) is 8.61. The highest BCUT2D eigenvalue weighted by atomic mass is 32.2. The fraction of sp³-hybridized carbons (Fsp3) is 0.118. The summed E-state index contributed by atoms with van der Waals surface area (Å²) in [5.41, 5.74) is 2.92. The standard InChI is InChI=1S/C17H17N3O2S/c1-13-7-9-15(10-8-13)23(21,22)19-18-11-14-12-20(2)17-6-4-3-5-16(14)17/h3-12,19H,1-2H3/b18-11+. The Bertz CT molecular complexity index is 971. The second-order valence-electron chi connectivity index (χ2n) is 5.38. The van der Waals surface area contributed by atoms with Crippen molar-refractivity contribution >= 4 is 27.1 Å². The third kappa shape index (κ3) is 3.12. The van der Waals surface area contributed by atoms with Crippen LogP contribution in [0.1, 0.15) is 11.1 Å². The van der Waals surface area contributed by atoms with Crippen LogP contribution in [0.25, 0.3) is 10.9 Å². The largest absolute Gasteiger partial charge is 0.350 e. The highest BCUT2D eigenvalue weighted by Crippen LogP contribution is 2.18. The van der Waals surface area contributed by atoms with Gasteiger partial charge in [-0.1, -0.05) is 35.9 Å². The van der Waals surface area contributed by atoms with Crippen molar-refractivity contribution in [2.24, 2.45) is 12.1 Å². The molecule has 1 heterocycles. The van der Waals surface area contributed by atoms with Crippen molar-refractivity contribution in [2.45, 2.75) is 11.8 Å². The normalized spacial score (nSPS) is 12.1. The molecule has 0 aliphatic heterocycles. The number of sulfonamides is 1. The lowest BCUT2D eigenvalue weighted by Gasteiger charge is -2.03. The Balaban J connectivity index is 1.84. The first-order valence-electron chi connectivity index (χ1n) is 7.13. The van der Waals surface area contributed by atoms with Crippen molar-refractivity contribution in [1.82, 2.24) is 9.40 Å². The molecule has 0 amide bonds. The van der Waals surface area contributed by atoms with Gasteiger partial charge < -0.3 is 4.57 Å². The molecular formula is C17H17N3O2S. The second-order valence-corrected chi connectivity index (χ2v) is 7.04. The molecule has 0 unspecified atom stereocenters. The Morgan fingerprint density at radius 2 is 1.78 bits per heavy atom. The second kappa shape index (κ2) is 5.89. The number of hydrogen-bond donors (Lipinski definition) is 1. The van der Waals surface area contributed by atoms with Crippen LogP contribution in [0.3, 0.4) is 0 Å². The quantitative estimate of drug-likeness (QED) is 0.591. The molecule has 0 aliphatic rings. The minimum Gasteiger partial charge on any atom is -0.350 e. The number of nitrogens with zero attached hydrogens (tertiary/aromatic N) is 2. The molecule has 0 saturated carbocycles. The number of hydrazone groups is 1. The lowest BCUT2D eigenvalue weighted by atomic mass is 10.2. The molecule has 0 saturated heterocycles. The van der Waals surface area contributed by atoms with Gasteiger partial charge in [0.1, 0.15) is 0 Å². The molecule has 2 aromatic carbocycles. The average Bonchev–Trinajstić information content (AvgIpc) is 2.85. The number of hydrogen-bond acceptors (Lipinski definition) is 3. The van der Waals surface area contributed by atoms with Crippen molar-refractivity contribution in [3.05, 3.63) is 65.9 Å². The highest BCUT2D eigenvalue weighted by Gasteiger charge is 2.12. The van der Waals surface area contributed by atoms with Crippen LogP contribution in [-0.2, 0) is 17.1 Å². The molecule has 23 heavy (non-hydrogen) atoms. The van der Waals surface area contributed by atoms with E-state index in [1.54, 1.807) is 24.3 Å². The van der Waals surface area contributed by atoms with Crippen molar-refractivity contribution in [1.29, 1.82) is 0 Å². The maximum absolute atomic E-state index is 12.2. The molecule has 1 N–H and O–H groups in total. The molecule has 0 atom stereocenters. The zero-order valence-corrected chi connectivity index (χ0v) is 13.7. The summed E-state index contributed by atoms with van der Waals surface area (Å²) in [4.78, 5) is 2.44. The molecule has 0 spiro atoms. The predicted octanol–water partition coefficient (Wildman–Crippen LogP) is 2.80. The van der Waals surface area contributed by atoms with Gasteiger partial charge in [0.05, 0.1) is 11.1 Å². The molecular weight excluding hydrogens is 310 g/mol. The van der Waals surface area contributed by atoms with E-state index in [0.717, 1.165) is 22.0 Å². The van der Waals surface area contributed by atoms with E-state index in [0.29, 0.717) is 0 Å². The number of nitrogens with one attached hydrogen (secondary N) is 1. The number of benzene rings is 2. The Hall–Kier alpha value is -2.60. The van der Waals surface area contributed by atoms with Gasteiger partial charge in [-0.15, -0.1) is 0 Å². The zero-order valence-electron chi connectivity index (χ0n) is 12.9. The molecule has 1 aromatic heterocycles. The summed E-state index contributed by atoms with van der Waals surface area (Å²) in [7, 11) is -1.71. The van der Waals surface area contributed by atoms with E-state index < -0.39 is 10.0 Å². The maximum Gasteiger partial charge on any atom is 0.276 e. The van der Waals surface area contributed by atoms with Crippen molar-refractivity contribution in [2.75, 3.05) is 0 Å².